The van der Waals surface area contributed by atoms with Gasteiger partial charge in [0.15, 0.2) is 5.78 Å². The molecule has 1 aliphatic rings. The second-order valence-electron chi connectivity index (χ2n) is 5.94. The van der Waals surface area contributed by atoms with Crippen molar-refractivity contribution in [3.8, 4) is 5.75 Å². The third-order valence-electron chi connectivity index (χ3n) is 4.31. The third kappa shape index (κ3) is 4.57. The lowest BCUT2D eigenvalue weighted by Crippen LogP contribution is -2.47. The highest BCUT2D eigenvalue weighted by Crippen LogP contribution is 2.19. The van der Waals surface area contributed by atoms with E-state index in [-0.39, 0.29) is 24.5 Å². The average Bonchev–Trinajstić information content (AvgIpc) is 2.61. The summed E-state index contributed by atoms with van der Waals surface area (Å²) in [6.45, 7) is 0.488. The highest BCUT2D eigenvalue weighted by Gasteiger charge is 2.31. The van der Waals surface area contributed by atoms with Crippen LogP contribution in [-0.4, -0.2) is 47.4 Å². The normalized spacial score (nSPS) is 17.4. The van der Waals surface area contributed by atoms with E-state index in [0.717, 1.165) is 12.8 Å². The van der Waals surface area contributed by atoms with Crippen LogP contribution in [-0.2, 0) is 9.59 Å². The van der Waals surface area contributed by atoms with Crippen molar-refractivity contribution in [3.05, 3.63) is 29.8 Å². The summed E-state index contributed by atoms with van der Waals surface area (Å²) in [5.74, 6) is -0.465. The van der Waals surface area contributed by atoms with Crippen molar-refractivity contribution in [2.45, 2.75) is 44.6 Å². The van der Waals surface area contributed by atoms with Crippen molar-refractivity contribution in [1.82, 2.24) is 4.90 Å². The molecule has 1 saturated heterocycles. The Kier molecular flexibility index (Phi) is 6.35. The van der Waals surface area contributed by atoms with Crippen LogP contribution >= 0.6 is 0 Å². The standard InChI is InChI=1S/C18H23NO5/c1-24-14-10-8-13(9-11-14)16(20)6-4-7-17(21)19-12-3-2-5-15(19)18(22)23/h8-11,15H,2-7,12H2,1H3,(H,22,23). The number of methoxy groups -OCH3 is 1. The summed E-state index contributed by atoms with van der Waals surface area (Å²) in [6, 6.07) is 6.14. The maximum absolute atomic E-state index is 12.2. The van der Waals surface area contributed by atoms with Gasteiger partial charge in [-0.1, -0.05) is 0 Å². The minimum atomic E-state index is -0.947. The summed E-state index contributed by atoms with van der Waals surface area (Å²) >= 11 is 0. The first-order chi connectivity index (χ1) is 11.5. The van der Waals surface area contributed by atoms with Crippen LogP contribution < -0.4 is 4.74 Å². The van der Waals surface area contributed by atoms with Gasteiger partial charge in [-0.3, -0.25) is 9.59 Å². The predicted molar refractivity (Wildman–Crippen MR) is 88.2 cm³/mol. The lowest BCUT2D eigenvalue weighted by Gasteiger charge is -2.33. The second-order valence-corrected chi connectivity index (χ2v) is 5.94. The number of carboxylic acids is 1. The minimum absolute atomic E-state index is 0.0288. The predicted octanol–water partition coefficient (Wildman–Crippen LogP) is 2.51. The molecule has 6 nitrogen and oxygen atoms in total. The fourth-order valence-corrected chi connectivity index (χ4v) is 2.95. The Bertz CT molecular complexity index is 596. The first kappa shape index (κ1) is 18.0. The van der Waals surface area contributed by atoms with E-state index >= 15 is 0 Å². The molecule has 0 saturated carbocycles. The smallest absolute Gasteiger partial charge is 0.326 e. The number of carboxylic acid groups (broad SMARTS) is 1. The molecule has 1 heterocycles. The lowest BCUT2D eigenvalue weighted by molar-refractivity contribution is -0.152. The SMILES string of the molecule is COc1ccc(C(=O)CCCC(=O)N2CCCCC2C(=O)O)cc1. The van der Waals surface area contributed by atoms with E-state index in [0.29, 0.717) is 30.7 Å². The minimum Gasteiger partial charge on any atom is -0.497 e. The third-order valence-corrected chi connectivity index (χ3v) is 4.31. The van der Waals surface area contributed by atoms with Crippen LogP contribution in [0.15, 0.2) is 24.3 Å². The van der Waals surface area contributed by atoms with E-state index in [1.807, 2.05) is 0 Å². The summed E-state index contributed by atoms with van der Waals surface area (Å²) in [7, 11) is 1.56. The molecule has 1 aromatic rings. The van der Waals surface area contributed by atoms with Crippen molar-refractivity contribution in [2.24, 2.45) is 0 Å². The molecule has 1 amide bonds. The summed E-state index contributed by atoms with van der Waals surface area (Å²) in [5, 5.41) is 9.20. The number of carbonyl (C=O) groups is 3. The number of piperidine rings is 1. The highest BCUT2D eigenvalue weighted by atomic mass is 16.5. The van der Waals surface area contributed by atoms with Gasteiger partial charge in [0.05, 0.1) is 7.11 Å². The van der Waals surface area contributed by atoms with Crippen molar-refractivity contribution >= 4 is 17.7 Å². The van der Waals surface area contributed by atoms with Crippen LogP contribution in [0.3, 0.4) is 0 Å². The van der Waals surface area contributed by atoms with Gasteiger partial charge in [-0.05, 0) is 49.9 Å². The van der Waals surface area contributed by atoms with E-state index in [1.165, 1.54) is 4.90 Å². The molecule has 0 spiro atoms. The van der Waals surface area contributed by atoms with Gasteiger partial charge >= 0.3 is 5.97 Å². The zero-order valence-corrected chi connectivity index (χ0v) is 13.9. The first-order valence-corrected chi connectivity index (χ1v) is 8.22. The molecule has 1 aliphatic heterocycles. The zero-order valence-electron chi connectivity index (χ0n) is 13.9. The highest BCUT2D eigenvalue weighted by molar-refractivity contribution is 5.96. The molecule has 2 rings (SSSR count). The number of nitrogens with zero attached hydrogens (tertiary/aromatic N) is 1. The number of aliphatic carboxylic acids is 1. The lowest BCUT2D eigenvalue weighted by atomic mass is 10.0. The number of rotatable bonds is 7. The topological polar surface area (TPSA) is 83.9 Å². The Morgan fingerprint density at radius 3 is 2.50 bits per heavy atom. The number of hydrogen-bond donors (Lipinski definition) is 1. The van der Waals surface area contributed by atoms with Gasteiger partial charge in [0, 0.05) is 24.9 Å². The molecule has 0 radical (unpaired) electrons. The Labute approximate surface area is 141 Å². The molecule has 1 aromatic carbocycles. The average molecular weight is 333 g/mol. The van der Waals surface area contributed by atoms with Crippen LogP contribution in [0, 0.1) is 0 Å². The summed E-state index contributed by atoms with van der Waals surface area (Å²) < 4.78 is 5.05. The first-order valence-electron chi connectivity index (χ1n) is 8.22. The van der Waals surface area contributed by atoms with Crippen LogP contribution in [0.2, 0.25) is 0 Å². The molecule has 0 aliphatic carbocycles. The van der Waals surface area contributed by atoms with Gasteiger partial charge in [0.2, 0.25) is 5.91 Å². The van der Waals surface area contributed by atoms with Gasteiger partial charge < -0.3 is 14.7 Å². The fourth-order valence-electron chi connectivity index (χ4n) is 2.95. The van der Waals surface area contributed by atoms with Crippen molar-refractivity contribution in [1.29, 1.82) is 0 Å². The molecule has 130 valence electrons. The molecule has 1 unspecified atom stereocenters. The molecule has 1 atom stereocenters. The van der Waals surface area contributed by atoms with E-state index in [9.17, 15) is 19.5 Å². The van der Waals surface area contributed by atoms with Gasteiger partial charge in [-0.15, -0.1) is 0 Å². The molecule has 0 bridgehead atoms. The Balaban J connectivity index is 1.82. The van der Waals surface area contributed by atoms with E-state index in [1.54, 1.807) is 31.4 Å². The van der Waals surface area contributed by atoms with E-state index < -0.39 is 12.0 Å². The van der Waals surface area contributed by atoms with E-state index in [4.69, 9.17) is 4.74 Å². The van der Waals surface area contributed by atoms with Crippen molar-refractivity contribution < 1.29 is 24.2 Å². The number of Topliss-reactive ketones (excluding diaryl/α,β-unsaturated/α-hetero) is 1. The summed E-state index contributed by atoms with van der Waals surface area (Å²) in [6.07, 6.45) is 3.06. The maximum Gasteiger partial charge on any atom is 0.326 e. The monoisotopic (exact) mass is 333 g/mol. The van der Waals surface area contributed by atoms with Crippen LogP contribution in [0.25, 0.3) is 0 Å². The molecule has 1 fully saturated rings. The van der Waals surface area contributed by atoms with Crippen LogP contribution in [0.1, 0.15) is 48.9 Å². The van der Waals surface area contributed by atoms with E-state index in [2.05, 4.69) is 0 Å². The van der Waals surface area contributed by atoms with Gasteiger partial charge in [-0.25, -0.2) is 4.79 Å². The number of benzene rings is 1. The molecular formula is C18H23NO5. The number of amides is 1. The molecular weight excluding hydrogens is 310 g/mol. The largest absolute Gasteiger partial charge is 0.497 e. The number of likely N-dealkylation sites (tertiary alicyclic amines) is 1. The van der Waals surface area contributed by atoms with Crippen LogP contribution in [0.5, 0.6) is 5.75 Å². The van der Waals surface area contributed by atoms with Crippen molar-refractivity contribution in [2.75, 3.05) is 13.7 Å². The molecule has 0 aromatic heterocycles. The van der Waals surface area contributed by atoms with Gasteiger partial charge in [-0.2, -0.15) is 0 Å². The zero-order chi connectivity index (χ0) is 17.5. The maximum atomic E-state index is 12.2. The quantitative estimate of drug-likeness (QED) is 0.775. The van der Waals surface area contributed by atoms with Gasteiger partial charge in [0.25, 0.3) is 0 Å². The molecule has 24 heavy (non-hydrogen) atoms. The molecule has 1 N–H and O–H groups in total. The summed E-state index contributed by atoms with van der Waals surface area (Å²) in [5.41, 5.74) is 0.588. The van der Waals surface area contributed by atoms with Crippen molar-refractivity contribution in [3.63, 3.8) is 0 Å². The number of carbonyl (C=O) groups excluding carboxylic acids is 2. The fraction of sp³-hybridized carbons (Fsp3) is 0.500. The van der Waals surface area contributed by atoms with Crippen LogP contribution in [0.4, 0.5) is 0 Å². The Morgan fingerprint density at radius 1 is 1.17 bits per heavy atom. The number of ketones is 1. The molecule has 6 heteroatoms. The Morgan fingerprint density at radius 2 is 1.88 bits per heavy atom. The number of ether oxygens (including phenoxy) is 1. The number of hydrogen-bond acceptors (Lipinski definition) is 4. The van der Waals surface area contributed by atoms with Gasteiger partial charge in [0.1, 0.15) is 11.8 Å². The summed E-state index contributed by atoms with van der Waals surface area (Å²) in [4.78, 5) is 37.0. The second kappa shape index (κ2) is 8.47. The Hall–Kier alpha value is -2.37.